The number of nitrogens with one attached hydrogen (secondary N) is 1. The first-order chi connectivity index (χ1) is 13.8. The van der Waals surface area contributed by atoms with Gasteiger partial charge in [-0.15, -0.1) is 10.2 Å². The van der Waals surface area contributed by atoms with Crippen LogP contribution in [0, 0.1) is 5.92 Å². The third-order valence-corrected chi connectivity index (χ3v) is 7.49. The molecule has 1 aromatic carbocycles. The number of fused-ring (bicyclic) bond motifs is 1. The van der Waals surface area contributed by atoms with Crippen LogP contribution < -0.4 is 4.90 Å². The molecule has 8 nitrogen and oxygen atoms in total. The maximum absolute atomic E-state index is 12.2. The number of sulfone groups is 1. The number of hydrogen-bond donors (Lipinski definition) is 2. The Labute approximate surface area is 171 Å². The number of nitrogens with zero attached hydrogens (tertiary/aromatic N) is 3. The van der Waals surface area contributed by atoms with Crippen LogP contribution in [0.3, 0.4) is 0 Å². The summed E-state index contributed by atoms with van der Waals surface area (Å²) in [5.74, 6) is -0.496. The first-order valence-electron chi connectivity index (χ1n) is 10.1. The van der Waals surface area contributed by atoms with Gasteiger partial charge in [-0.1, -0.05) is 18.2 Å². The highest BCUT2D eigenvalue weighted by Crippen LogP contribution is 2.38. The summed E-state index contributed by atoms with van der Waals surface area (Å²) in [5.41, 5.74) is 1.13. The lowest BCUT2D eigenvalue weighted by Gasteiger charge is -2.16. The summed E-state index contributed by atoms with van der Waals surface area (Å²) >= 11 is 0. The van der Waals surface area contributed by atoms with Gasteiger partial charge in [0, 0.05) is 11.8 Å². The highest BCUT2D eigenvalue weighted by atomic mass is 32.2. The van der Waals surface area contributed by atoms with Crippen molar-refractivity contribution in [3.63, 3.8) is 0 Å². The molecule has 1 aliphatic rings. The molecule has 2 N–H and O–H groups in total. The molecule has 1 aromatic heterocycles. The van der Waals surface area contributed by atoms with Crippen LogP contribution in [0.2, 0.25) is 0 Å². The SMILES string of the molecule is CC[NH+](CC)CCn1c(O)c(N=NC(=O)C[C@@H]2CCS(=O)(=O)C2)c2ccccc21. The fourth-order valence-electron chi connectivity index (χ4n) is 3.90. The fourth-order valence-corrected chi connectivity index (χ4v) is 5.76. The average Bonchev–Trinajstić information content (AvgIpc) is 3.17. The van der Waals surface area contributed by atoms with E-state index in [4.69, 9.17) is 0 Å². The molecule has 9 heteroatoms. The van der Waals surface area contributed by atoms with E-state index in [2.05, 4.69) is 24.1 Å². The number of benzene rings is 1. The maximum atomic E-state index is 12.2. The van der Waals surface area contributed by atoms with E-state index >= 15 is 0 Å². The molecule has 158 valence electrons. The molecule has 1 amide bonds. The van der Waals surface area contributed by atoms with E-state index in [1.807, 2.05) is 28.8 Å². The lowest BCUT2D eigenvalue weighted by molar-refractivity contribution is -0.897. The quantitative estimate of drug-likeness (QED) is 0.633. The summed E-state index contributed by atoms with van der Waals surface area (Å²) < 4.78 is 24.9. The number of hydrogen-bond acceptors (Lipinski definition) is 5. The number of azo groups is 1. The van der Waals surface area contributed by atoms with E-state index < -0.39 is 15.7 Å². The van der Waals surface area contributed by atoms with Crippen molar-refractivity contribution in [2.24, 2.45) is 16.1 Å². The van der Waals surface area contributed by atoms with Crippen LogP contribution in [0.25, 0.3) is 10.9 Å². The normalized spacial score (nSPS) is 18.9. The molecule has 1 fully saturated rings. The van der Waals surface area contributed by atoms with Gasteiger partial charge in [-0.2, -0.15) is 0 Å². The Hall–Kier alpha value is -2.26. The Balaban J connectivity index is 1.79. The number of rotatable bonds is 8. The number of para-hydroxylation sites is 1. The summed E-state index contributed by atoms with van der Waals surface area (Å²) in [4.78, 5) is 13.6. The predicted octanol–water partition coefficient (Wildman–Crippen LogP) is 1.71. The second-order valence-corrected chi connectivity index (χ2v) is 9.84. The summed E-state index contributed by atoms with van der Waals surface area (Å²) in [5, 5.41) is 19.3. The minimum absolute atomic E-state index is 0.00208. The highest BCUT2D eigenvalue weighted by Gasteiger charge is 2.29. The van der Waals surface area contributed by atoms with Gasteiger partial charge in [-0.3, -0.25) is 4.79 Å². The monoisotopic (exact) mass is 421 g/mol. The van der Waals surface area contributed by atoms with Crippen molar-refractivity contribution in [3.05, 3.63) is 24.3 Å². The maximum Gasteiger partial charge on any atom is 0.265 e. The van der Waals surface area contributed by atoms with Crippen LogP contribution in [0.4, 0.5) is 5.69 Å². The van der Waals surface area contributed by atoms with Gasteiger partial charge in [0.15, 0.2) is 15.5 Å². The third-order valence-electron chi connectivity index (χ3n) is 5.66. The lowest BCUT2D eigenvalue weighted by Crippen LogP contribution is -3.11. The second-order valence-electron chi connectivity index (χ2n) is 7.62. The average molecular weight is 422 g/mol. The Morgan fingerprint density at radius 1 is 1.28 bits per heavy atom. The lowest BCUT2D eigenvalue weighted by atomic mass is 10.1. The smallest absolute Gasteiger partial charge is 0.265 e. The van der Waals surface area contributed by atoms with E-state index in [-0.39, 0.29) is 35.4 Å². The van der Waals surface area contributed by atoms with Crippen LogP contribution in [0.5, 0.6) is 5.88 Å². The van der Waals surface area contributed by atoms with Crippen molar-refractivity contribution in [2.45, 2.75) is 33.2 Å². The minimum atomic E-state index is -3.03. The van der Waals surface area contributed by atoms with Crippen molar-refractivity contribution < 1.29 is 23.2 Å². The molecular weight excluding hydrogens is 392 g/mol. The Morgan fingerprint density at radius 2 is 2.00 bits per heavy atom. The van der Waals surface area contributed by atoms with Crippen LogP contribution in [0.1, 0.15) is 26.7 Å². The van der Waals surface area contributed by atoms with Crippen LogP contribution in [-0.4, -0.2) is 55.1 Å². The number of aromatic hydroxyl groups is 1. The zero-order valence-corrected chi connectivity index (χ0v) is 17.8. The first-order valence-corrected chi connectivity index (χ1v) is 12.0. The van der Waals surface area contributed by atoms with Crippen molar-refractivity contribution in [2.75, 3.05) is 31.1 Å². The molecule has 1 saturated heterocycles. The second kappa shape index (κ2) is 9.04. The van der Waals surface area contributed by atoms with Crippen molar-refractivity contribution in [1.29, 1.82) is 0 Å². The molecule has 0 unspecified atom stereocenters. The largest absolute Gasteiger partial charge is 0.493 e. The number of carbonyl (C=O) groups is 1. The predicted molar refractivity (Wildman–Crippen MR) is 111 cm³/mol. The summed E-state index contributed by atoms with van der Waals surface area (Å²) in [6.07, 6.45) is 0.551. The molecule has 2 aromatic rings. The molecule has 1 atom stereocenters. The molecule has 3 rings (SSSR count). The number of amides is 1. The Kier molecular flexibility index (Phi) is 6.69. The Morgan fingerprint density at radius 3 is 2.66 bits per heavy atom. The fraction of sp³-hybridized carbons (Fsp3) is 0.550. The molecule has 0 spiro atoms. The summed E-state index contributed by atoms with van der Waals surface area (Å²) in [7, 11) is -3.03. The number of quaternary nitrogens is 1. The van der Waals surface area contributed by atoms with Gasteiger partial charge in [0.05, 0.1) is 43.2 Å². The van der Waals surface area contributed by atoms with Gasteiger partial charge in [0.2, 0.25) is 5.88 Å². The zero-order valence-electron chi connectivity index (χ0n) is 17.0. The van der Waals surface area contributed by atoms with Gasteiger partial charge in [-0.25, -0.2) is 8.42 Å². The third kappa shape index (κ3) is 5.02. The molecule has 0 bridgehead atoms. The molecule has 0 saturated carbocycles. The van der Waals surface area contributed by atoms with Gasteiger partial charge in [0.25, 0.3) is 5.91 Å². The minimum Gasteiger partial charge on any atom is -0.493 e. The van der Waals surface area contributed by atoms with Crippen molar-refractivity contribution >= 4 is 32.3 Å². The van der Waals surface area contributed by atoms with Gasteiger partial charge < -0.3 is 14.6 Å². The number of likely N-dealkylation sites (N-methyl/N-ethyl adjacent to an activating group) is 1. The van der Waals surface area contributed by atoms with Gasteiger partial charge in [0.1, 0.15) is 0 Å². The molecule has 1 aliphatic heterocycles. The molecular formula is C20H29N4O4S+. The van der Waals surface area contributed by atoms with Crippen LogP contribution >= 0.6 is 0 Å². The van der Waals surface area contributed by atoms with E-state index in [1.165, 1.54) is 4.90 Å². The van der Waals surface area contributed by atoms with Crippen molar-refractivity contribution in [1.82, 2.24) is 4.57 Å². The van der Waals surface area contributed by atoms with E-state index in [1.54, 1.807) is 0 Å². The van der Waals surface area contributed by atoms with Crippen molar-refractivity contribution in [3.8, 4) is 5.88 Å². The molecule has 29 heavy (non-hydrogen) atoms. The van der Waals surface area contributed by atoms with Crippen LogP contribution in [-0.2, 0) is 21.2 Å². The van der Waals surface area contributed by atoms with E-state index in [0.29, 0.717) is 13.0 Å². The Bertz CT molecular complexity index is 1010. The molecule has 0 aliphatic carbocycles. The summed E-state index contributed by atoms with van der Waals surface area (Å²) in [6.45, 7) is 7.78. The summed E-state index contributed by atoms with van der Waals surface area (Å²) in [6, 6.07) is 7.51. The molecule has 2 heterocycles. The molecule has 0 radical (unpaired) electrons. The van der Waals surface area contributed by atoms with Crippen LogP contribution in [0.15, 0.2) is 34.5 Å². The van der Waals surface area contributed by atoms with E-state index in [0.717, 1.165) is 30.5 Å². The topological polar surface area (TPSA) is 106 Å². The first kappa shape index (κ1) is 21.4. The standard InChI is InChI=1S/C20H28N4O4S/c1-3-23(4-2)10-11-24-17-8-6-5-7-16(17)19(20(24)26)22-21-18(25)13-15-9-12-29(27,28)14-15/h5-8,15,26H,3-4,9-14H2,1-2H3/p+1/t15-/m0/s1. The zero-order chi connectivity index (χ0) is 21.0. The van der Waals surface area contributed by atoms with Gasteiger partial charge in [-0.05, 0) is 32.3 Å². The van der Waals surface area contributed by atoms with Gasteiger partial charge >= 0.3 is 0 Å². The van der Waals surface area contributed by atoms with E-state index in [9.17, 15) is 18.3 Å². The number of carbonyl (C=O) groups excluding carboxylic acids is 1. The number of aromatic nitrogens is 1. The highest BCUT2D eigenvalue weighted by molar-refractivity contribution is 7.91.